The maximum Gasteiger partial charge on any atom is 0.248 e. The summed E-state index contributed by atoms with van der Waals surface area (Å²) in [4.78, 5) is 42.4. The smallest absolute Gasteiger partial charge is 0.248 e. The summed E-state index contributed by atoms with van der Waals surface area (Å²) in [6.07, 6.45) is 3.73. The first-order valence-corrected chi connectivity index (χ1v) is 12.7. The molecule has 3 heterocycles. The lowest BCUT2D eigenvalue weighted by atomic mass is 9.66. The minimum Gasteiger partial charge on any atom is -0.396 e. The van der Waals surface area contributed by atoms with Crippen LogP contribution in [0.25, 0.3) is 0 Å². The number of fused-ring (bicyclic) bond motifs is 1. The van der Waals surface area contributed by atoms with Crippen molar-refractivity contribution in [3.63, 3.8) is 0 Å². The van der Waals surface area contributed by atoms with Gasteiger partial charge in [-0.15, -0.1) is 11.8 Å². The summed E-state index contributed by atoms with van der Waals surface area (Å²) in [7, 11) is 1.62. The molecule has 3 aliphatic heterocycles. The number of amides is 3. The van der Waals surface area contributed by atoms with Crippen LogP contribution in [0.15, 0.2) is 18.2 Å². The van der Waals surface area contributed by atoms with Crippen LogP contribution in [0, 0.1) is 25.7 Å². The van der Waals surface area contributed by atoms with E-state index in [0.717, 1.165) is 42.5 Å². The zero-order chi connectivity index (χ0) is 24.0. The molecule has 3 fully saturated rings. The van der Waals surface area contributed by atoms with Gasteiger partial charge in [0.05, 0.1) is 16.6 Å². The molecule has 3 N–H and O–H groups in total. The normalized spacial score (nSPS) is 32.2. The van der Waals surface area contributed by atoms with Gasteiger partial charge in [-0.1, -0.05) is 18.2 Å². The summed E-state index contributed by atoms with van der Waals surface area (Å²) in [6.45, 7) is 6.58. The van der Waals surface area contributed by atoms with E-state index in [1.54, 1.807) is 23.7 Å². The minimum atomic E-state index is -0.621. The van der Waals surface area contributed by atoms with E-state index in [9.17, 15) is 14.4 Å². The van der Waals surface area contributed by atoms with Crippen LogP contribution in [0.1, 0.15) is 50.2 Å². The molecule has 7 nitrogen and oxygen atoms in total. The molecular formula is C25H35N3O4S. The predicted octanol–water partition coefficient (Wildman–Crippen LogP) is 2.63. The van der Waals surface area contributed by atoms with E-state index < -0.39 is 22.6 Å². The Labute approximate surface area is 200 Å². The summed E-state index contributed by atoms with van der Waals surface area (Å²) in [5.74, 6) is -1.29. The van der Waals surface area contributed by atoms with Gasteiger partial charge in [-0.25, -0.2) is 0 Å². The van der Waals surface area contributed by atoms with Gasteiger partial charge in [0.25, 0.3) is 0 Å². The van der Waals surface area contributed by atoms with Crippen LogP contribution >= 0.6 is 11.8 Å². The molecule has 1 aromatic carbocycles. The van der Waals surface area contributed by atoms with Crippen LogP contribution in [-0.2, 0) is 14.4 Å². The van der Waals surface area contributed by atoms with Crippen molar-refractivity contribution in [2.24, 2.45) is 11.8 Å². The first kappa shape index (κ1) is 24.1. The van der Waals surface area contributed by atoms with Gasteiger partial charge < -0.3 is 20.6 Å². The highest BCUT2D eigenvalue weighted by Gasteiger charge is 2.76. The number of anilines is 1. The van der Waals surface area contributed by atoms with Gasteiger partial charge in [-0.05, 0) is 64.0 Å². The first-order chi connectivity index (χ1) is 15.7. The molecule has 0 aliphatic carbocycles. The number of nitrogens with one attached hydrogen (secondary N) is 2. The number of nitrogens with zero attached hydrogens (tertiary/aromatic N) is 1. The highest BCUT2D eigenvalue weighted by molar-refractivity contribution is 8.02. The summed E-state index contributed by atoms with van der Waals surface area (Å²) in [5.41, 5.74) is 2.76. The highest BCUT2D eigenvalue weighted by Crippen LogP contribution is 2.71. The maximum absolute atomic E-state index is 13.9. The SMILES string of the molecule is CNC(=O)[C@@H]1[C@H]2C(=O)N(CCCCCO)C(C(=O)Nc3c(C)cccc3C)C23CC[C@@]1(C)S3. The number of thioether (sulfide) groups is 1. The van der Waals surface area contributed by atoms with Crippen LogP contribution in [0.3, 0.4) is 0 Å². The molecule has 33 heavy (non-hydrogen) atoms. The number of rotatable bonds is 8. The fourth-order valence-corrected chi connectivity index (χ4v) is 8.65. The van der Waals surface area contributed by atoms with E-state index in [1.165, 1.54) is 0 Å². The molecule has 1 aromatic rings. The molecule has 5 atom stereocenters. The molecule has 8 heteroatoms. The number of carbonyl (C=O) groups excluding carboxylic acids is 3. The maximum atomic E-state index is 13.9. The van der Waals surface area contributed by atoms with Gasteiger partial charge in [-0.3, -0.25) is 14.4 Å². The molecule has 0 aromatic heterocycles. The number of unbranched alkanes of at least 4 members (excludes halogenated alkanes) is 2. The van der Waals surface area contributed by atoms with Crippen molar-refractivity contribution in [1.29, 1.82) is 0 Å². The van der Waals surface area contributed by atoms with Crippen LogP contribution in [0.2, 0.25) is 0 Å². The molecule has 2 unspecified atom stereocenters. The van der Waals surface area contributed by atoms with E-state index in [0.29, 0.717) is 13.0 Å². The molecular weight excluding hydrogens is 438 g/mol. The summed E-state index contributed by atoms with van der Waals surface area (Å²) in [6, 6.07) is 5.28. The van der Waals surface area contributed by atoms with Crippen LogP contribution in [0.4, 0.5) is 5.69 Å². The third-order valence-electron chi connectivity index (χ3n) is 7.84. The lowest BCUT2D eigenvalue weighted by Gasteiger charge is -2.34. The fraction of sp³-hybridized carbons (Fsp3) is 0.640. The molecule has 4 rings (SSSR count). The van der Waals surface area contributed by atoms with Crippen molar-refractivity contribution < 1.29 is 19.5 Å². The van der Waals surface area contributed by atoms with Crippen molar-refractivity contribution in [2.75, 3.05) is 25.5 Å². The lowest BCUT2D eigenvalue weighted by Crippen LogP contribution is -2.52. The number of para-hydroxylation sites is 1. The first-order valence-electron chi connectivity index (χ1n) is 11.9. The van der Waals surface area contributed by atoms with Gasteiger partial charge in [0, 0.05) is 30.6 Å². The van der Waals surface area contributed by atoms with Crippen LogP contribution in [-0.4, -0.2) is 63.5 Å². The van der Waals surface area contributed by atoms with E-state index in [1.807, 2.05) is 32.0 Å². The van der Waals surface area contributed by atoms with Gasteiger partial charge >= 0.3 is 0 Å². The Kier molecular flexibility index (Phi) is 6.53. The zero-order valence-electron chi connectivity index (χ0n) is 19.9. The van der Waals surface area contributed by atoms with Gasteiger partial charge in [0.1, 0.15) is 6.04 Å². The van der Waals surface area contributed by atoms with Crippen molar-refractivity contribution >= 4 is 35.2 Å². The molecule has 3 amide bonds. The van der Waals surface area contributed by atoms with Crippen molar-refractivity contribution in [3.05, 3.63) is 29.3 Å². The van der Waals surface area contributed by atoms with Gasteiger partial charge in [0.15, 0.2) is 0 Å². The average Bonchev–Trinajstić information content (AvgIpc) is 3.34. The summed E-state index contributed by atoms with van der Waals surface area (Å²) in [5, 5.41) is 15.1. The second kappa shape index (κ2) is 8.95. The minimum absolute atomic E-state index is 0.0785. The number of carbonyl (C=O) groups is 3. The number of aliphatic hydroxyl groups excluding tert-OH is 1. The average molecular weight is 474 g/mol. The number of likely N-dealkylation sites (tertiary alicyclic amines) is 1. The second-order valence-corrected chi connectivity index (χ2v) is 11.8. The van der Waals surface area contributed by atoms with E-state index in [4.69, 9.17) is 5.11 Å². The molecule has 0 saturated carbocycles. The Morgan fingerprint density at radius 1 is 1.15 bits per heavy atom. The Balaban J connectivity index is 1.71. The van der Waals surface area contributed by atoms with Gasteiger partial charge in [0.2, 0.25) is 17.7 Å². The standard InChI is InChI=1S/C25H35N3O4S/c1-15-9-8-10-16(2)19(15)27-22(31)20-25-12-11-24(3,33-25)17(21(30)26-4)18(25)23(32)28(20)13-6-5-7-14-29/h8-10,17-18,20,29H,5-7,11-14H2,1-4H3,(H,26,30)(H,27,31)/t17-,18-,20?,24+,25?/m0/s1. The number of aryl methyl sites for hydroxylation is 2. The molecule has 1 spiro atoms. The predicted molar refractivity (Wildman–Crippen MR) is 130 cm³/mol. The largest absolute Gasteiger partial charge is 0.396 e. The van der Waals surface area contributed by atoms with E-state index >= 15 is 0 Å². The second-order valence-electron chi connectivity index (χ2n) is 9.91. The molecule has 180 valence electrons. The summed E-state index contributed by atoms with van der Waals surface area (Å²) >= 11 is 1.69. The molecule has 3 aliphatic rings. The third-order valence-corrected chi connectivity index (χ3v) is 9.83. The quantitative estimate of drug-likeness (QED) is 0.504. The Hall–Kier alpha value is -2.06. The number of hydrogen-bond acceptors (Lipinski definition) is 5. The van der Waals surface area contributed by atoms with Crippen LogP contribution < -0.4 is 10.6 Å². The zero-order valence-corrected chi connectivity index (χ0v) is 20.8. The highest BCUT2D eigenvalue weighted by atomic mass is 32.2. The number of aliphatic hydroxyl groups is 1. The Morgan fingerprint density at radius 2 is 1.85 bits per heavy atom. The van der Waals surface area contributed by atoms with Crippen LogP contribution in [0.5, 0.6) is 0 Å². The van der Waals surface area contributed by atoms with Crippen molar-refractivity contribution in [2.45, 2.75) is 68.4 Å². The Bertz CT molecular complexity index is 949. The van der Waals surface area contributed by atoms with E-state index in [-0.39, 0.29) is 29.1 Å². The number of hydrogen-bond donors (Lipinski definition) is 3. The van der Waals surface area contributed by atoms with Crippen molar-refractivity contribution in [1.82, 2.24) is 10.2 Å². The molecule has 0 radical (unpaired) electrons. The monoisotopic (exact) mass is 473 g/mol. The lowest BCUT2D eigenvalue weighted by molar-refractivity contribution is -0.140. The fourth-order valence-electron chi connectivity index (χ4n) is 6.30. The van der Waals surface area contributed by atoms with Gasteiger partial charge in [-0.2, -0.15) is 0 Å². The van der Waals surface area contributed by atoms with E-state index in [2.05, 4.69) is 17.6 Å². The Morgan fingerprint density at radius 3 is 2.48 bits per heavy atom. The molecule has 2 bridgehead atoms. The topological polar surface area (TPSA) is 98.7 Å². The summed E-state index contributed by atoms with van der Waals surface area (Å²) < 4.78 is -0.943. The number of benzene rings is 1. The van der Waals surface area contributed by atoms with Crippen molar-refractivity contribution in [3.8, 4) is 0 Å². The molecule has 3 saturated heterocycles. The third kappa shape index (κ3) is 3.75.